The molecule has 1 aromatic carbocycles. The van der Waals surface area contributed by atoms with E-state index in [4.69, 9.17) is 5.73 Å². The molecule has 1 unspecified atom stereocenters. The highest BCUT2D eigenvalue weighted by Crippen LogP contribution is 2.21. The van der Waals surface area contributed by atoms with Gasteiger partial charge in [0.2, 0.25) is 0 Å². The summed E-state index contributed by atoms with van der Waals surface area (Å²) in [5, 5.41) is 14.9. The van der Waals surface area contributed by atoms with Crippen LogP contribution in [0.2, 0.25) is 0 Å². The van der Waals surface area contributed by atoms with E-state index in [1.165, 1.54) is 23.5 Å². The predicted octanol–water partition coefficient (Wildman–Crippen LogP) is 1.92. The standard InChI is InChI=1S/C12H13N3O2S/c1-7(12-14-4-5-18-12)15-11(17)8-2-3-9(13)10(16)6-8/h2-7,16H,13H2,1H3,(H,15,17). The number of phenolic OH excluding ortho intramolecular Hbond substituents is 1. The zero-order valence-electron chi connectivity index (χ0n) is 9.75. The molecular formula is C12H13N3O2S. The van der Waals surface area contributed by atoms with Crippen LogP contribution in [0.4, 0.5) is 5.69 Å². The van der Waals surface area contributed by atoms with Crippen molar-refractivity contribution >= 4 is 22.9 Å². The van der Waals surface area contributed by atoms with Crippen molar-refractivity contribution in [3.8, 4) is 5.75 Å². The quantitative estimate of drug-likeness (QED) is 0.583. The van der Waals surface area contributed by atoms with Crippen molar-refractivity contribution in [3.63, 3.8) is 0 Å². The van der Waals surface area contributed by atoms with Crippen molar-refractivity contribution in [3.05, 3.63) is 40.3 Å². The lowest BCUT2D eigenvalue weighted by Gasteiger charge is -2.11. The van der Waals surface area contributed by atoms with Crippen LogP contribution >= 0.6 is 11.3 Å². The number of anilines is 1. The first-order chi connectivity index (χ1) is 8.58. The smallest absolute Gasteiger partial charge is 0.251 e. The number of nitrogens with one attached hydrogen (secondary N) is 1. The third-order valence-corrected chi connectivity index (χ3v) is 3.42. The van der Waals surface area contributed by atoms with Crippen LogP contribution in [0.25, 0.3) is 0 Å². The van der Waals surface area contributed by atoms with Crippen molar-refractivity contribution in [2.75, 3.05) is 5.73 Å². The van der Waals surface area contributed by atoms with Gasteiger partial charge in [0, 0.05) is 17.1 Å². The fourth-order valence-corrected chi connectivity index (χ4v) is 2.12. The van der Waals surface area contributed by atoms with Gasteiger partial charge < -0.3 is 16.2 Å². The van der Waals surface area contributed by atoms with E-state index in [2.05, 4.69) is 10.3 Å². The Balaban J connectivity index is 2.10. The number of carbonyl (C=O) groups excluding carboxylic acids is 1. The molecule has 0 saturated carbocycles. The molecule has 0 aliphatic carbocycles. The maximum absolute atomic E-state index is 11.9. The molecule has 2 rings (SSSR count). The van der Waals surface area contributed by atoms with E-state index in [-0.39, 0.29) is 23.4 Å². The molecule has 0 aliphatic heterocycles. The van der Waals surface area contributed by atoms with Crippen LogP contribution in [0.3, 0.4) is 0 Å². The number of nitrogens with two attached hydrogens (primary N) is 1. The van der Waals surface area contributed by atoms with Crippen LogP contribution in [-0.2, 0) is 0 Å². The summed E-state index contributed by atoms with van der Waals surface area (Å²) in [6.07, 6.45) is 1.69. The molecule has 1 aromatic heterocycles. The lowest BCUT2D eigenvalue weighted by molar-refractivity contribution is 0.0939. The molecule has 6 heteroatoms. The van der Waals surface area contributed by atoms with Gasteiger partial charge in [0.15, 0.2) is 0 Å². The number of aromatic hydroxyl groups is 1. The van der Waals surface area contributed by atoms with E-state index in [9.17, 15) is 9.90 Å². The number of rotatable bonds is 3. The van der Waals surface area contributed by atoms with Crippen LogP contribution in [-0.4, -0.2) is 16.0 Å². The zero-order valence-corrected chi connectivity index (χ0v) is 10.6. The Kier molecular flexibility index (Phi) is 3.47. The number of nitrogens with zero attached hydrogens (tertiary/aromatic N) is 1. The fraction of sp³-hybridized carbons (Fsp3) is 0.167. The van der Waals surface area contributed by atoms with Crippen molar-refractivity contribution in [2.24, 2.45) is 0 Å². The number of aromatic nitrogens is 1. The summed E-state index contributed by atoms with van der Waals surface area (Å²) in [4.78, 5) is 16.1. The highest BCUT2D eigenvalue weighted by molar-refractivity contribution is 7.09. The largest absolute Gasteiger partial charge is 0.506 e. The zero-order chi connectivity index (χ0) is 13.1. The summed E-state index contributed by atoms with van der Waals surface area (Å²) in [6.45, 7) is 1.86. The minimum absolute atomic E-state index is 0.0930. The van der Waals surface area contributed by atoms with E-state index >= 15 is 0 Å². The predicted molar refractivity (Wildman–Crippen MR) is 70.5 cm³/mol. The second-order valence-electron chi connectivity index (χ2n) is 3.84. The first-order valence-electron chi connectivity index (χ1n) is 5.36. The molecule has 1 amide bonds. The van der Waals surface area contributed by atoms with Gasteiger partial charge >= 0.3 is 0 Å². The van der Waals surface area contributed by atoms with Crippen LogP contribution in [0, 0.1) is 0 Å². The van der Waals surface area contributed by atoms with Crippen LogP contribution in [0.5, 0.6) is 5.75 Å². The molecule has 0 spiro atoms. The van der Waals surface area contributed by atoms with E-state index in [1.54, 1.807) is 12.3 Å². The summed E-state index contributed by atoms with van der Waals surface area (Å²) in [7, 11) is 0. The average Bonchev–Trinajstić information content (AvgIpc) is 2.86. The number of phenols is 1. The van der Waals surface area contributed by atoms with Gasteiger partial charge in [-0.1, -0.05) is 0 Å². The van der Waals surface area contributed by atoms with Gasteiger partial charge in [0.1, 0.15) is 10.8 Å². The fourth-order valence-electron chi connectivity index (χ4n) is 1.47. The summed E-state index contributed by atoms with van der Waals surface area (Å²) < 4.78 is 0. The van der Waals surface area contributed by atoms with E-state index in [0.29, 0.717) is 5.56 Å². The molecule has 0 radical (unpaired) electrons. The Labute approximate surface area is 108 Å². The Morgan fingerprint density at radius 3 is 2.94 bits per heavy atom. The highest BCUT2D eigenvalue weighted by Gasteiger charge is 2.14. The van der Waals surface area contributed by atoms with Gasteiger partial charge in [-0.2, -0.15) is 0 Å². The summed E-state index contributed by atoms with van der Waals surface area (Å²) in [6, 6.07) is 4.24. The molecule has 0 aliphatic rings. The molecule has 1 atom stereocenters. The highest BCUT2D eigenvalue weighted by atomic mass is 32.1. The number of thiazole rings is 1. The Hall–Kier alpha value is -2.08. The lowest BCUT2D eigenvalue weighted by Crippen LogP contribution is -2.26. The second-order valence-corrected chi connectivity index (χ2v) is 4.77. The Morgan fingerprint density at radius 2 is 2.33 bits per heavy atom. The van der Waals surface area contributed by atoms with Crippen LogP contribution in [0.1, 0.15) is 28.3 Å². The molecule has 0 bridgehead atoms. The monoisotopic (exact) mass is 263 g/mol. The molecule has 4 N–H and O–H groups in total. The van der Waals surface area contributed by atoms with Crippen LogP contribution < -0.4 is 11.1 Å². The molecule has 1 heterocycles. The second kappa shape index (κ2) is 5.05. The van der Waals surface area contributed by atoms with Gasteiger partial charge in [0.05, 0.1) is 11.7 Å². The number of nitrogen functional groups attached to an aromatic ring is 1. The van der Waals surface area contributed by atoms with Gasteiger partial charge in [0.25, 0.3) is 5.91 Å². The average molecular weight is 263 g/mol. The molecule has 18 heavy (non-hydrogen) atoms. The van der Waals surface area contributed by atoms with Crippen molar-refractivity contribution in [1.82, 2.24) is 10.3 Å². The first kappa shape index (κ1) is 12.4. The number of benzene rings is 1. The first-order valence-corrected chi connectivity index (χ1v) is 6.24. The third-order valence-electron chi connectivity index (χ3n) is 2.46. The van der Waals surface area contributed by atoms with E-state index in [1.807, 2.05) is 12.3 Å². The summed E-state index contributed by atoms with van der Waals surface area (Å²) >= 11 is 1.48. The summed E-state index contributed by atoms with van der Waals surface area (Å²) in [5.41, 5.74) is 6.09. The van der Waals surface area contributed by atoms with Crippen molar-refractivity contribution in [1.29, 1.82) is 0 Å². The third kappa shape index (κ3) is 2.60. The Bertz CT molecular complexity index is 554. The topological polar surface area (TPSA) is 88.2 Å². The molecule has 0 saturated heterocycles. The van der Waals surface area contributed by atoms with Gasteiger partial charge in [-0.15, -0.1) is 11.3 Å². The van der Waals surface area contributed by atoms with Crippen LogP contribution in [0.15, 0.2) is 29.8 Å². The molecule has 5 nitrogen and oxygen atoms in total. The van der Waals surface area contributed by atoms with Gasteiger partial charge in [-0.3, -0.25) is 4.79 Å². The van der Waals surface area contributed by atoms with Gasteiger partial charge in [-0.25, -0.2) is 4.98 Å². The minimum atomic E-state index is -0.270. The minimum Gasteiger partial charge on any atom is -0.506 e. The Morgan fingerprint density at radius 1 is 1.56 bits per heavy atom. The van der Waals surface area contributed by atoms with Crippen molar-refractivity contribution in [2.45, 2.75) is 13.0 Å². The normalized spacial score (nSPS) is 12.1. The SMILES string of the molecule is CC(NC(=O)c1ccc(N)c(O)c1)c1nccs1. The molecular weight excluding hydrogens is 250 g/mol. The number of hydrogen-bond acceptors (Lipinski definition) is 5. The maximum atomic E-state index is 11.9. The molecule has 2 aromatic rings. The number of amides is 1. The van der Waals surface area contributed by atoms with Crippen molar-refractivity contribution < 1.29 is 9.90 Å². The summed E-state index contributed by atoms with van der Waals surface area (Å²) in [5.74, 6) is -0.363. The molecule has 0 fully saturated rings. The number of hydrogen-bond donors (Lipinski definition) is 3. The van der Waals surface area contributed by atoms with E-state index < -0.39 is 0 Å². The maximum Gasteiger partial charge on any atom is 0.251 e. The number of carbonyl (C=O) groups is 1. The van der Waals surface area contributed by atoms with E-state index in [0.717, 1.165) is 5.01 Å². The van der Waals surface area contributed by atoms with Gasteiger partial charge in [-0.05, 0) is 25.1 Å². The molecule has 94 valence electrons. The lowest BCUT2D eigenvalue weighted by atomic mass is 10.1.